The number of benzene rings is 1. The molecule has 1 aliphatic carbocycles. The summed E-state index contributed by atoms with van der Waals surface area (Å²) in [5.41, 5.74) is 0.973. The Hall–Kier alpha value is -2.21. The summed E-state index contributed by atoms with van der Waals surface area (Å²) < 4.78 is 19.2. The average Bonchev–Trinajstić information content (AvgIpc) is 3.17. The molecule has 25 heavy (non-hydrogen) atoms. The maximum Gasteiger partial charge on any atom is 0.236 e. The summed E-state index contributed by atoms with van der Waals surface area (Å²) in [6.45, 7) is 3.16. The zero-order valence-corrected chi connectivity index (χ0v) is 14.2. The van der Waals surface area contributed by atoms with Gasteiger partial charge in [0.05, 0.1) is 5.41 Å². The largest absolute Gasteiger partial charge is 0.381 e. The molecule has 0 spiro atoms. The van der Waals surface area contributed by atoms with Crippen LogP contribution in [0.5, 0.6) is 0 Å². The van der Waals surface area contributed by atoms with Gasteiger partial charge in [-0.25, -0.2) is 4.39 Å². The Morgan fingerprint density at radius 3 is 2.80 bits per heavy atom. The summed E-state index contributed by atoms with van der Waals surface area (Å²) in [4.78, 5) is 13.1. The van der Waals surface area contributed by atoms with Crippen molar-refractivity contribution < 1.29 is 13.9 Å². The number of aromatic nitrogens is 2. The monoisotopic (exact) mass is 343 g/mol. The van der Waals surface area contributed by atoms with Gasteiger partial charge in [0.25, 0.3) is 0 Å². The Morgan fingerprint density at radius 1 is 1.36 bits per heavy atom. The molecule has 2 aromatic rings. The van der Waals surface area contributed by atoms with E-state index in [2.05, 4.69) is 22.4 Å². The molecule has 2 heterocycles. The zero-order chi connectivity index (χ0) is 17.4. The van der Waals surface area contributed by atoms with Crippen molar-refractivity contribution in [2.75, 3.05) is 18.5 Å². The van der Waals surface area contributed by atoms with Gasteiger partial charge in [-0.3, -0.25) is 9.89 Å². The number of nitrogens with zero attached hydrogens (tertiary/aromatic N) is 1. The molecule has 5 nitrogen and oxygen atoms in total. The molecule has 6 heteroatoms. The van der Waals surface area contributed by atoms with E-state index < -0.39 is 5.41 Å². The highest BCUT2D eigenvalue weighted by molar-refractivity contribution is 5.98. The van der Waals surface area contributed by atoms with E-state index in [1.807, 2.05) is 12.1 Å². The highest BCUT2D eigenvalue weighted by atomic mass is 19.1. The van der Waals surface area contributed by atoms with Crippen LogP contribution < -0.4 is 5.32 Å². The van der Waals surface area contributed by atoms with Crippen LogP contribution in [0.2, 0.25) is 0 Å². The molecule has 132 valence electrons. The second kappa shape index (κ2) is 6.26. The van der Waals surface area contributed by atoms with Gasteiger partial charge in [-0.05, 0) is 42.9 Å². The van der Waals surface area contributed by atoms with Crippen molar-refractivity contribution in [1.29, 1.82) is 0 Å². The Balaban J connectivity index is 1.58. The predicted octanol–water partition coefficient (Wildman–Crippen LogP) is 3.36. The van der Waals surface area contributed by atoms with Gasteiger partial charge >= 0.3 is 0 Å². The molecular formula is C19H22FN3O2. The number of hydrogen-bond donors (Lipinski definition) is 2. The van der Waals surface area contributed by atoms with Crippen molar-refractivity contribution in [3.05, 3.63) is 47.4 Å². The number of halogens is 1. The zero-order valence-electron chi connectivity index (χ0n) is 14.2. The second-order valence-electron chi connectivity index (χ2n) is 7.19. The molecular weight excluding hydrogens is 321 g/mol. The first-order chi connectivity index (χ1) is 12.1. The van der Waals surface area contributed by atoms with Gasteiger partial charge in [0.1, 0.15) is 5.82 Å². The minimum absolute atomic E-state index is 0.150. The standard InChI is InChI=1S/C19H22FN3O2/c1-12-9-15(12)16-11-17(23-22-16)21-18(24)19(5-7-25-8-6-19)13-3-2-4-14(20)10-13/h2-4,10-12,15H,5-9H2,1H3,(H2,21,22,23,24). The first kappa shape index (κ1) is 16.3. The number of carbonyl (C=O) groups excluding carboxylic acids is 1. The van der Waals surface area contributed by atoms with E-state index in [4.69, 9.17) is 4.74 Å². The summed E-state index contributed by atoms with van der Waals surface area (Å²) in [5.74, 6) is 1.22. The fourth-order valence-electron chi connectivity index (χ4n) is 3.73. The Bertz CT molecular complexity index is 782. The third-order valence-electron chi connectivity index (χ3n) is 5.51. The van der Waals surface area contributed by atoms with Gasteiger partial charge in [-0.1, -0.05) is 19.1 Å². The van der Waals surface area contributed by atoms with Gasteiger partial charge < -0.3 is 10.1 Å². The summed E-state index contributed by atoms with van der Waals surface area (Å²) in [6.07, 6.45) is 2.21. The molecule has 1 saturated heterocycles. The smallest absolute Gasteiger partial charge is 0.236 e. The molecule has 2 unspecified atom stereocenters. The minimum atomic E-state index is -0.785. The van der Waals surface area contributed by atoms with E-state index in [1.54, 1.807) is 6.07 Å². The van der Waals surface area contributed by atoms with Crippen molar-refractivity contribution in [2.24, 2.45) is 5.92 Å². The number of ether oxygens (including phenoxy) is 1. The SMILES string of the molecule is CC1CC1c1cc(NC(=O)C2(c3cccc(F)c3)CCOCC2)n[nH]1. The number of rotatable bonds is 4. The maximum atomic E-state index is 13.7. The quantitative estimate of drug-likeness (QED) is 0.894. The third-order valence-corrected chi connectivity index (χ3v) is 5.51. The minimum Gasteiger partial charge on any atom is -0.381 e. The third kappa shape index (κ3) is 3.06. The maximum absolute atomic E-state index is 13.7. The number of carbonyl (C=O) groups is 1. The van der Waals surface area contributed by atoms with Crippen molar-refractivity contribution >= 4 is 11.7 Å². The van der Waals surface area contributed by atoms with Crippen LogP contribution in [0.25, 0.3) is 0 Å². The van der Waals surface area contributed by atoms with Crippen molar-refractivity contribution in [2.45, 2.75) is 37.5 Å². The van der Waals surface area contributed by atoms with Crippen LogP contribution in [-0.4, -0.2) is 29.3 Å². The number of anilines is 1. The normalized spacial score (nSPS) is 24.7. The first-order valence-corrected chi connectivity index (χ1v) is 8.79. The number of nitrogens with one attached hydrogen (secondary N) is 2. The van der Waals surface area contributed by atoms with Crippen LogP contribution in [0.3, 0.4) is 0 Å². The fourth-order valence-corrected chi connectivity index (χ4v) is 3.73. The Kier molecular flexibility index (Phi) is 4.07. The van der Waals surface area contributed by atoms with Gasteiger partial charge in [-0.2, -0.15) is 5.10 Å². The lowest BCUT2D eigenvalue weighted by Gasteiger charge is -2.36. The van der Waals surface area contributed by atoms with Gasteiger partial charge in [-0.15, -0.1) is 0 Å². The molecule has 2 fully saturated rings. The molecule has 2 atom stereocenters. The molecule has 1 aromatic carbocycles. The molecule has 1 aromatic heterocycles. The van der Waals surface area contributed by atoms with E-state index in [1.165, 1.54) is 12.1 Å². The highest BCUT2D eigenvalue weighted by Gasteiger charge is 2.42. The summed E-state index contributed by atoms with van der Waals surface area (Å²) in [6, 6.07) is 8.22. The van der Waals surface area contributed by atoms with Crippen LogP contribution in [0, 0.1) is 11.7 Å². The number of H-pyrrole nitrogens is 1. The van der Waals surface area contributed by atoms with Gasteiger partial charge in [0.2, 0.25) is 5.91 Å². The fraction of sp³-hybridized carbons (Fsp3) is 0.474. The van der Waals surface area contributed by atoms with E-state index in [9.17, 15) is 9.18 Å². The van der Waals surface area contributed by atoms with Crippen LogP contribution in [0.15, 0.2) is 30.3 Å². The van der Waals surface area contributed by atoms with E-state index in [0.29, 0.717) is 49.3 Å². The molecule has 1 saturated carbocycles. The molecule has 2 aliphatic rings. The van der Waals surface area contributed by atoms with Gasteiger partial charge in [0.15, 0.2) is 5.82 Å². The second-order valence-corrected chi connectivity index (χ2v) is 7.19. The molecule has 1 aliphatic heterocycles. The van der Waals surface area contributed by atoms with Crippen molar-refractivity contribution in [1.82, 2.24) is 10.2 Å². The lowest BCUT2D eigenvalue weighted by atomic mass is 9.73. The summed E-state index contributed by atoms with van der Waals surface area (Å²) >= 11 is 0. The predicted molar refractivity (Wildman–Crippen MR) is 91.9 cm³/mol. The Morgan fingerprint density at radius 2 is 2.12 bits per heavy atom. The topological polar surface area (TPSA) is 67.0 Å². The van der Waals surface area contributed by atoms with E-state index >= 15 is 0 Å². The van der Waals surface area contributed by atoms with Gasteiger partial charge in [0, 0.05) is 30.9 Å². The van der Waals surface area contributed by atoms with Crippen LogP contribution >= 0.6 is 0 Å². The van der Waals surface area contributed by atoms with E-state index in [0.717, 1.165) is 12.1 Å². The lowest BCUT2D eigenvalue weighted by molar-refractivity contribution is -0.125. The number of hydrogen-bond acceptors (Lipinski definition) is 3. The molecule has 0 bridgehead atoms. The van der Waals surface area contributed by atoms with Crippen LogP contribution in [0.4, 0.5) is 10.2 Å². The van der Waals surface area contributed by atoms with Crippen molar-refractivity contribution in [3.8, 4) is 0 Å². The van der Waals surface area contributed by atoms with Crippen molar-refractivity contribution in [3.63, 3.8) is 0 Å². The lowest BCUT2D eigenvalue weighted by Crippen LogP contribution is -2.45. The Labute approximate surface area is 146 Å². The van der Waals surface area contributed by atoms with Crippen LogP contribution in [-0.2, 0) is 14.9 Å². The summed E-state index contributed by atoms with van der Waals surface area (Å²) in [7, 11) is 0. The number of aromatic amines is 1. The molecule has 1 amide bonds. The van der Waals surface area contributed by atoms with Crippen LogP contribution in [0.1, 0.15) is 43.4 Å². The highest BCUT2D eigenvalue weighted by Crippen LogP contribution is 2.46. The first-order valence-electron chi connectivity index (χ1n) is 8.79. The average molecular weight is 343 g/mol. The molecule has 4 rings (SSSR count). The summed E-state index contributed by atoms with van der Waals surface area (Å²) in [5, 5.41) is 10.2. The van der Waals surface area contributed by atoms with E-state index in [-0.39, 0.29) is 11.7 Å². The molecule has 0 radical (unpaired) electrons. The number of amides is 1. The molecule has 2 N–H and O–H groups in total.